The lowest BCUT2D eigenvalue weighted by atomic mass is 10.0. The fraction of sp³-hybridized carbons (Fsp3) is 0.522. The van der Waals surface area contributed by atoms with Crippen molar-refractivity contribution in [2.75, 3.05) is 17.2 Å². The van der Waals surface area contributed by atoms with Crippen LogP contribution in [0.4, 0.5) is 17.5 Å². The number of aliphatic hydroxyl groups is 1. The SMILES string of the molecule is CCCCCCc1ccc(Nc2nc(N)c3ncn([C@H]4C[C@H](O)[C@@H](CCP(=O)(O)O)O4)c3n2)cc1O. The lowest BCUT2D eigenvalue weighted by Crippen LogP contribution is -2.21. The van der Waals surface area contributed by atoms with Gasteiger partial charge in [-0.05, 0) is 30.9 Å². The second-order valence-corrected chi connectivity index (χ2v) is 10.9. The van der Waals surface area contributed by atoms with E-state index in [0.717, 1.165) is 31.2 Å². The monoisotopic (exact) mass is 520 g/mol. The normalized spacial score (nSPS) is 20.3. The number of aromatic nitrogens is 4. The predicted octanol–water partition coefficient (Wildman–Crippen LogP) is 3.20. The zero-order valence-corrected chi connectivity index (χ0v) is 21.0. The summed E-state index contributed by atoms with van der Waals surface area (Å²) in [6, 6.07) is 5.34. The van der Waals surface area contributed by atoms with Gasteiger partial charge in [-0.25, -0.2) is 4.98 Å². The molecule has 1 fully saturated rings. The van der Waals surface area contributed by atoms with Crippen molar-refractivity contribution in [2.45, 2.75) is 70.3 Å². The third kappa shape index (κ3) is 6.32. The fourth-order valence-corrected chi connectivity index (χ4v) is 4.96. The van der Waals surface area contributed by atoms with Gasteiger partial charge >= 0.3 is 7.60 Å². The Morgan fingerprint density at radius 2 is 2.06 bits per heavy atom. The number of nitrogens with two attached hydrogens (primary N) is 1. The van der Waals surface area contributed by atoms with Crippen LogP contribution in [0, 0.1) is 0 Å². The number of imidazole rings is 1. The number of hydrogen-bond acceptors (Lipinski definition) is 9. The van der Waals surface area contributed by atoms with Gasteiger partial charge in [0.2, 0.25) is 5.95 Å². The molecule has 3 aromatic rings. The van der Waals surface area contributed by atoms with Crippen molar-refractivity contribution in [3.05, 3.63) is 30.1 Å². The summed E-state index contributed by atoms with van der Waals surface area (Å²) in [5.41, 5.74) is 8.34. The third-order valence-corrected chi connectivity index (χ3v) is 7.15. The molecule has 3 atom stereocenters. The molecule has 196 valence electrons. The number of rotatable bonds is 11. The summed E-state index contributed by atoms with van der Waals surface area (Å²) in [6.45, 7) is 2.16. The number of aryl methyl sites for hydroxylation is 1. The highest BCUT2D eigenvalue weighted by Crippen LogP contribution is 2.39. The van der Waals surface area contributed by atoms with Crippen LogP contribution in [-0.2, 0) is 15.7 Å². The molecule has 0 saturated carbocycles. The Balaban J connectivity index is 1.50. The molecule has 0 aliphatic carbocycles. The van der Waals surface area contributed by atoms with Crippen molar-refractivity contribution in [2.24, 2.45) is 0 Å². The Morgan fingerprint density at radius 1 is 1.25 bits per heavy atom. The van der Waals surface area contributed by atoms with Gasteiger partial charge in [0.15, 0.2) is 11.5 Å². The number of fused-ring (bicyclic) bond motifs is 1. The second kappa shape index (κ2) is 11.1. The number of aromatic hydroxyl groups is 1. The summed E-state index contributed by atoms with van der Waals surface area (Å²) < 4.78 is 18.7. The molecule has 1 aromatic carbocycles. The number of hydrogen-bond donors (Lipinski definition) is 6. The molecule has 1 aliphatic rings. The first-order valence-corrected chi connectivity index (χ1v) is 13.9. The van der Waals surface area contributed by atoms with Crippen LogP contribution in [0.5, 0.6) is 5.75 Å². The summed E-state index contributed by atoms with van der Waals surface area (Å²) in [6.07, 6.45) is 4.39. The van der Waals surface area contributed by atoms with Crippen LogP contribution in [0.3, 0.4) is 0 Å². The molecule has 0 spiro atoms. The molecule has 3 heterocycles. The number of benzene rings is 1. The summed E-state index contributed by atoms with van der Waals surface area (Å²) in [7, 11) is -4.20. The van der Waals surface area contributed by atoms with Crippen LogP contribution in [0.2, 0.25) is 0 Å². The molecule has 13 heteroatoms. The van der Waals surface area contributed by atoms with Gasteiger partial charge in [0.05, 0.1) is 24.7 Å². The molecule has 1 saturated heterocycles. The van der Waals surface area contributed by atoms with Crippen molar-refractivity contribution in [1.29, 1.82) is 0 Å². The maximum absolute atomic E-state index is 11.2. The van der Waals surface area contributed by atoms with Crippen LogP contribution in [-0.4, -0.2) is 57.9 Å². The van der Waals surface area contributed by atoms with Crippen LogP contribution in [0.15, 0.2) is 24.5 Å². The molecule has 1 aliphatic heterocycles. The average molecular weight is 521 g/mol. The summed E-state index contributed by atoms with van der Waals surface area (Å²) in [4.78, 5) is 31.3. The van der Waals surface area contributed by atoms with Gasteiger partial charge in [0, 0.05) is 18.2 Å². The first-order valence-electron chi connectivity index (χ1n) is 12.1. The maximum atomic E-state index is 11.2. The van der Waals surface area contributed by atoms with Crippen molar-refractivity contribution >= 4 is 36.2 Å². The van der Waals surface area contributed by atoms with E-state index < -0.39 is 26.0 Å². The second-order valence-electron chi connectivity index (χ2n) is 9.14. The predicted molar refractivity (Wildman–Crippen MR) is 135 cm³/mol. The minimum absolute atomic E-state index is 0.0244. The van der Waals surface area contributed by atoms with Gasteiger partial charge in [-0.3, -0.25) is 9.13 Å². The van der Waals surface area contributed by atoms with Crippen molar-refractivity contribution < 1.29 is 29.3 Å². The van der Waals surface area contributed by atoms with Crippen molar-refractivity contribution in [1.82, 2.24) is 19.5 Å². The van der Waals surface area contributed by atoms with E-state index in [0.29, 0.717) is 16.9 Å². The number of ether oxygens (including phenoxy) is 1. The number of phenols is 1. The Labute approximate surface area is 208 Å². The number of aliphatic hydroxyl groups excluding tert-OH is 1. The number of nitrogens with one attached hydrogen (secondary N) is 1. The van der Waals surface area contributed by atoms with Gasteiger partial charge in [0.1, 0.15) is 17.5 Å². The van der Waals surface area contributed by atoms with Crippen LogP contribution in [0.1, 0.15) is 57.2 Å². The van der Waals surface area contributed by atoms with E-state index >= 15 is 0 Å². The molecule has 7 N–H and O–H groups in total. The summed E-state index contributed by atoms with van der Waals surface area (Å²) >= 11 is 0. The summed E-state index contributed by atoms with van der Waals surface area (Å²) in [5, 5.41) is 23.9. The van der Waals surface area contributed by atoms with E-state index in [1.165, 1.54) is 12.7 Å². The molecule has 36 heavy (non-hydrogen) atoms. The zero-order valence-electron chi connectivity index (χ0n) is 20.1. The van der Waals surface area contributed by atoms with E-state index in [2.05, 4.69) is 27.2 Å². The molecule has 2 aromatic heterocycles. The average Bonchev–Trinajstić information content (AvgIpc) is 3.39. The quantitative estimate of drug-likeness (QED) is 0.161. The first-order chi connectivity index (χ1) is 17.1. The Bertz CT molecular complexity index is 1250. The smallest absolute Gasteiger partial charge is 0.325 e. The minimum atomic E-state index is -4.20. The molecule has 0 bridgehead atoms. The molecule has 0 unspecified atom stereocenters. The van der Waals surface area contributed by atoms with E-state index in [9.17, 15) is 14.8 Å². The number of anilines is 3. The molecule has 0 radical (unpaired) electrons. The van der Waals surface area contributed by atoms with Crippen LogP contribution >= 0.6 is 7.60 Å². The van der Waals surface area contributed by atoms with Crippen LogP contribution in [0.25, 0.3) is 11.2 Å². The molecule has 4 rings (SSSR count). The van der Waals surface area contributed by atoms with Gasteiger partial charge in [-0.1, -0.05) is 32.3 Å². The van der Waals surface area contributed by atoms with Gasteiger partial charge in [0.25, 0.3) is 0 Å². The van der Waals surface area contributed by atoms with E-state index in [4.69, 9.17) is 20.3 Å². The first kappa shape index (κ1) is 26.3. The molecule has 12 nitrogen and oxygen atoms in total. The Hall–Kier alpha value is -2.76. The minimum Gasteiger partial charge on any atom is -0.508 e. The van der Waals surface area contributed by atoms with Gasteiger partial charge in [-0.2, -0.15) is 9.97 Å². The Morgan fingerprint density at radius 3 is 2.78 bits per heavy atom. The number of nitrogen functional groups attached to an aromatic ring is 1. The van der Waals surface area contributed by atoms with Gasteiger partial charge < -0.3 is 35.8 Å². The fourth-order valence-electron chi connectivity index (χ4n) is 4.37. The highest BCUT2D eigenvalue weighted by Gasteiger charge is 2.36. The molecular formula is C23H33N6O6P. The van der Waals surface area contributed by atoms with E-state index in [-0.39, 0.29) is 36.5 Å². The highest BCUT2D eigenvalue weighted by molar-refractivity contribution is 7.51. The topological polar surface area (TPSA) is 189 Å². The third-order valence-electron chi connectivity index (χ3n) is 6.31. The van der Waals surface area contributed by atoms with E-state index in [1.54, 1.807) is 10.6 Å². The zero-order chi connectivity index (χ0) is 25.9. The lowest BCUT2D eigenvalue weighted by molar-refractivity contribution is -0.0183. The number of phenolic OH excluding ortho intramolecular Hbond substituents is 1. The number of unbranched alkanes of at least 4 members (excludes halogenated alkanes) is 3. The number of nitrogens with zero attached hydrogens (tertiary/aromatic N) is 4. The maximum Gasteiger partial charge on any atom is 0.325 e. The van der Waals surface area contributed by atoms with Gasteiger partial charge in [-0.15, -0.1) is 0 Å². The van der Waals surface area contributed by atoms with E-state index in [1.807, 2.05) is 12.1 Å². The lowest BCUT2D eigenvalue weighted by Gasteiger charge is -2.16. The molecular weight excluding hydrogens is 487 g/mol. The Kier molecular flexibility index (Phi) is 8.11. The van der Waals surface area contributed by atoms with Crippen LogP contribution < -0.4 is 11.1 Å². The summed E-state index contributed by atoms with van der Waals surface area (Å²) in [5.74, 6) is 0.549. The van der Waals surface area contributed by atoms with Crippen molar-refractivity contribution in [3.63, 3.8) is 0 Å². The molecule has 0 amide bonds. The highest BCUT2D eigenvalue weighted by atomic mass is 31.2. The van der Waals surface area contributed by atoms with Crippen molar-refractivity contribution in [3.8, 4) is 5.75 Å². The standard InChI is InChI=1S/C23H33N6O6P/c1-2-3-4-5-6-14-7-8-15(11-16(14)30)26-23-27-21(24)20-22(28-23)29(13-25-20)19-12-17(31)18(35-19)9-10-36(32,33)34/h7-8,11,13,17-19,30-31H,2-6,9-10,12H2,1H3,(H2,32,33,34)(H3,24,26,27,28)/t17-,18+,19+/m0/s1. The largest absolute Gasteiger partial charge is 0.508 e.